The van der Waals surface area contributed by atoms with Crippen LogP contribution in [0.5, 0.6) is 0 Å². The third kappa shape index (κ3) is 3.21. The van der Waals surface area contributed by atoms with Gasteiger partial charge in [0, 0.05) is 6.61 Å². The lowest BCUT2D eigenvalue weighted by molar-refractivity contribution is 0.0678. The van der Waals surface area contributed by atoms with Gasteiger partial charge in [0.15, 0.2) is 0 Å². The van der Waals surface area contributed by atoms with Crippen molar-refractivity contribution in [2.75, 3.05) is 6.61 Å². The van der Waals surface area contributed by atoms with E-state index in [1.165, 1.54) is 25.7 Å². The molecule has 1 nitrogen and oxygen atoms in total. The van der Waals surface area contributed by atoms with Crippen LogP contribution < -0.4 is 0 Å². The van der Waals surface area contributed by atoms with Gasteiger partial charge in [-0.2, -0.15) is 0 Å². The minimum absolute atomic E-state index is 0.491. The number of ether oxygens (including phenoxy) is 1. The Morgan fingerprint density at radius 3 is 2.70 bits per heavy atom. The topological polar surface area (TPSA) is 9.23 Å². The highest BCUT2D eigenvalue weighted by atomic mass is 16.5. The SMILES string of the molecule is CCOC(C)CCC1CC1. The van der Waals surface area contributed by atoms with E-state index in [0.717, 1.165) is 12.5 Å². The molecule has 0 heterocycles. The van der Waals surface area contributed by atoms with E-state index in [1.807, 2.05) is 0 Å². The lowest BCUT2D eigenvalue weighted by Crippen LogP contribution is -2.07. The van der Waals surface area contributed by atoms with Crippen molar-refractivity contribution in [2.24, 2.45) is 5.92 Å². The minimum atomic E-state index is 0.491. The first-order valence-electron chi connectivity index (χ1n) is 4.44. The van der Waals surface area contributed by atoms with Gasteiger partial charge in [0.2, 0.25) is 0 Å². The van der Waals surface area contributed by atoms with Crippen LogP contribution in [0.4, 0.5) is 0 Å². The third-order valence-electron chi connectivity index (χ3n) is 2.13. The Labute approximate surface area is 63.8 Å². The lowest BCUT2D eigenvalue weighted by atomic mass is 10.1. The predicted octanol–water partition coefficient (Wildman–Crippen LogP) is 2.60. The van der Waals surface area contributed by atoms with Crippen LogP contribution in [0.2, 0.25) is 0 Å². The van der Waals surface area contributed by atoms with Crippen LogP contribution in [0.3, 0.4) is 0 Å². The zero-order valence-electron chi connectivity index (χ0n) is 7.10. The van der Waals surface area contributed by atoms with Crippen molar-refractivity contribution in [1.82, 2.24) is 0 Å². The highest BCUT2D eigenvalue weighted by Gasteiger charge is 2.21. The van der Waals surface area contributed by atoms with Gasteiger partial charge in [0.1, 0.15) is 0 Å². The Balaban J connectivity index is 1.89. The Morgan fingerprint density at radius 2 is 2.20 bits per heavy atom. The summed E-state index contributed by atoms with van der Waals surface area (Å²) in [5.74, 6) is 1.06. The summed E-state index contributed by atoms with van der Waals surface area (Å²) in [5, 5.41) is 0. The Bertz CT molecular complexity index is 86.7. The Kier molecular flexibility index (Phi) is 3.20. The average Bonchev–Trinajstić information content (AvgIpc) is 2.67. The zero-order valence-corrected chi connectivity index (χ0v) is 7.10. The van der Waals surface area contributed by atoms with Gasteiger partial charge in [-0.1, -0.05) is 12.8 Å². The maximum Gasteiger partial charge on any atom is 0.0547 e. The molecule has 1 atom stereocenters. The van der Waals surface area contributed by atoms with Gasteiger partial charge >= 0.3 is 0 Å². The molecule has 0 radical (unpaired) electrons. The monoisotopic (exact) mass is 142 g/mol. The highest BCUT2D eigenvalue weighted by Crippen LogP contribution is 2.34. The fourth-order valence-corrected chi connectivity index (χ4v) is 1.24. The molecule has 0 amide bonds. The molecule has 0 aromatic heterocycles. The molecular weight excluding hydrogens is 124 g/mol. The molecule has 0 N–H and O–H groups in total. The molecule has 0 aliphatic heterocycles. The number of rotatable bonds is 5. The van der Waals surface area contributed by atoms with Crippen molar-refractivity contribution in [3.8, 4) is 0 Å². The van der Waals surface area contributed by atoms with Gasteiger partial charge in [-0.15, -0.1) is 0 Å². The average molecular weight is 142 g/mol. The van der Waals surface area contributed by atoms with Crippen molar-refractivity contribution in [3.63, 3.8) is 0 Å². The molecule has 1 aliphatic rings. The van der Waals surface area contributed by atoms with E-state index >= 15 is 0 Å². The van der Waals surface area contributed by atoms with Gasteiger partial charge in [-0.3, -0.25) is 0 Å². The minimum Gasteiger partial charge on any atom is -0.379 e. The van der Waals surface area contributed by atoms with Crippen LogP contribution in [0.25, 0.3) is 0 Å². The lowest BCUT2D eigenvalue weighted by Gasteiger charge is -2.09. The molecule has 1 unspecified atom stereocenters. The highest BCUT2D eigenvalue weighted by molar-refractivity contribution is 4.73. The van der Waals surface area contributed by atoms with Gasteiger partial charge < -0.3 is 4.74 Å². The van der Waals surface area contributed by atoms with Crippen LogP contribution in [-0.2, 0) is 4.74 Å². The van der Waals surface area contributed by atoms with Crippen LogP contribution >= 0.6 is 0 Å². The van der Waals surface area contributed by atoms with E-state index in [-0.39, 0.29) is 0 Å². The van der Waals surface area contributed by atoms with Gasteiger partial charge in [0.05, 0.1) is 6.10 Å². The van der Waals surface area contributed by atoms with Gasteiger partial charge in [-0.25, -0.2) is 0 Å². The summed E-state index contributed by atoms with van der Waals surface area (Å²) in [5.41, 5.74) is 0. The van der Waals surface area contributed by atoms with E-state index in [2.05, 4.69) is 13.8 Å². The summed E-state index contributed by atoms with van der Waals surface area (Å²) in [7, 11) is 0. The second-order valence-electron chi connectivity index (χ2n) is 3.29. The second kappa shape index (κ2) is 3.97. The van der Waals surface area contributed by atoms with E-state index in [1.54, 1.807) is 0 Å². The number of hydrogen-bond donors (Lipinski definition) is 0. The first-order valence-corrected chi connectivity index (χ1v) is 4.44. The van der Waals surface area contributed by atoms with Crippen LogP contribution in [0.15, 0.2) is 0 Å². The molecule has 60 valence electrons. The molecule has 0 spiro atoms. The van der Waals surface area contributed by atoms with Crippen molar-refractivity contribution in [1.29, 1.82) is 0 Å². The van der Waals surface area contributed by atoms with Crippen molar-refractivity contribution in [3.05, 3.63) is 0 Å². The summed E-state index contributed by atoms with van der Waals surface area (Å²) >= 11 is 0. The summed E-state index contributed by atoms with van der Waals surface area (Å²) in [6.45, 7) is 5.10. The quantitative estimate of drug-likeness (QED) is 0.573. The summed E-state index contributed by atoms with van der Waals surface area (Å²) in [4.78, 5) is 0. The van der Waals surface area contributed by atoms with Crippen molar-refractivity contribution in [2.45, 2.75) is 45.6 Å². The molecule has 10 heavy (non-hydrogen) atoms. The van der Waals surface area contributed by atoms with Crippen LogP contribution in [0.1, 0.15) is 39.5 Å². The molecule has 0 saturated heterocycles. The normalized spacial score (nSPS) is 21.0. The van der Waals surface area contributed by atoms with Gasteiger partial charge in [-0.05, 0) is 32.6 Å². The maximum absolute atomic E-state index is 5.42. The molecular formula is C9H18O. The first-order chi connectivity index (χ1) is 4.83. The molecule has 0 aromatic rings. The van der Waals surface area contributed by atoms with Crippen molar-refractivity contribution >= 4 is 0 Å². The summed E-state index contributed by atoms with van der Waals surface area (Å²) in [6.07, 6.45) is 6.09. The van der Waals surface area contributed by atoms with Crippen molar-refractivity contribution < 1.29 is 4.74 Å². The molecule has 1 rings (SSSR count). The Hall–Kier alpha value is -0.0400. The molecule has 1 fully saturated rings. The molecule has 1 aliphatic carbocycles. The molecule has 1 heteroatoms. The largest absolute Gasteiger partial charge is 0.379 e. The molecule has 0 bridgehead atoms. The summed E-state index contributed by atoms with van der Waals surface area (Å²) < 4.78 is 5.42. The first kappa shape index (κ1) is 8.06. The third-order valence-corrected chi connectivity index (χ3v) is 2.13. The summed E-state index contributed by atoms with van der Waals surface area (Å²) in [6, 6.07) is 0. The van der Waals surface area contributed by atoms with Crippen LogP contribution in [-0.4, -0.2) is 12.7 Å². The zero-order chi connectivity index (χ0) is 7.40. The smallest absolute Gasteiger partial charge is 0.0547 e. The van der Waals surface area contributed by atoms with Crippen LogP contribution in [0, 0.1) is 5.92 Å². The van der Waals surface area contributed by atoms with E-state index < -0.39 is 0 Å². The second-order valence-corrected chi connectivity index (χ2v) is 3.29. The van der Waals surface area contributed by atoms with E-state index in [0.29, 0.717) is 6.10 Å². The fourth-order valence-electron chi connectivity index (χ4n) is 1.24. The Morgan fingerprint density at radius 1 is 1.50 bits per heavy atom. The number of hydrogen-bond acceptors (Lipinski definition) is 1. The fraction of sp³-hybridized carbons (Fsp3) is 1.00. The molecule has 1 saturated carbocycles. The maximum atomic E-state index is 5.42. The van der Waals surface area contributed by atoms with Gasteiger partial charge in [0.25, 0.3) is 0 Å². The standard InChI is InChI=1S/C9H18O/c1-3-10-8(2)4-5-9-6-7-9/h8-9H,3-7H2,1-2H3. The molecule has 0 aromatic carbocycles. The van der Waals surface area contributed by atoms with E-state index in [9.17, 15) is 0 Å². The van der Waals surface area contributed by atoms with E-state index in [4.69, 9.17) is 4.74 Å². The predicted molar refractivity (Wildman–Crippen MR) is 43.0 cm³/mol.